The summed E-state index contributed by atoms with van der Waals surface area (Å²) in [5, 5.41) is 0.762. The number of hydrogen-bond acceptors (Lipinski definition) is 9. The average Bonchev–Trinajstić information content (AvgIpc) is 3.32. The van der Waals surface area contributed by atoms with Crippen LogP contribution in [0.2, 0.25) is 0 Å². The van der Waals surface area contributed by atoms with Gasteiger partial charge in [-0.2, -0.15) is 0 Å². The van der Waals surface area contributed by atoms with Gasteiger partial charge in [0.1, 0.15) is 22.3 Å². The lowest BCUT2D eigenvalue weighted by Crippen LogP contribution is -2.37. The molecule has 0 saturated carbocycles. The number of anilines is 1. The minimum atomic E-state index is -0.123. The van der Waals surface area contributed by atoms with E-state index in [0.717, 1.165) is 51.7 Å². The highest BCUT2D eigenvalue weighted by Gasteiger charge is 2.27. The summed E-state index contributed by atoms with van der Waals surface area (Å²) in [5.41, 5.74) is 3.28. The van der Waals surface area contributed by atoms with E-state index in [1.807, 2.05) is 32.0 Å². The van der Waals surface area contributed by atoms with Gasteiger partial charge in [0.05, 0.1) is 44.1 Å². The third-order valence-corrected chi connectivity index (χ3v) is 7.62. The Morgan fingerprint density at radius 1 is 1.14 bits per heavy atom. The van der Waals surface area contributed by atoms with Gasteiger partial charge in [0.25, 0.3) is 0 Å². The zero-order valence-electron chi connectivity index (χ0n) is 21.2. The minimum absolute atomic E-state index is 0.0628. The standard InChI is InChI=1S/C27H32N4O4S/c1-5-23-26(19-8-7-17(3)22(13-19)34-4)30-25(36-23)14-21(32)20-15-29-24(16-28-20)31-11-9-18(10-12-31)27(33)35-6-2/h7-8,13,15-16,18H,5-6,9-12,14H2,1-4H3. The van der Waals surface area contributed by atoms with Crippen LogP contribution in [0, 0.1) is 12.8 Å². The Bertz CT molecular complexity index is 1220. The van der Waals surface area contributed by atoms with Gasteiger partial charge in [-0.15, -0.1) is 11.3 Å². The first kappa shape index (κ1) is 25.8. The molecule has 1 fully saturated rings. The predicted octanol–water partition coefficient (Wildman–Crippen LogP) is 4.68. The topological polar surface area (TPSA) is 94.5 Å². The van der Waals surface area contributed by atoms with Crippen molar-refractivity contribution in [3.05, 3.63) is 51.7 Å². The van der Waals surface area contributed by atoms with E-state index in [1.165, 1.54) is 6.20 Å². The zero-order chi connectivity index (χ0) is 25.7. The number of carbonyl (C=O) groups is 2. The Balaban J connectivity index is 1.41. The van der Waals surface area contributed by atoms with Gasteiger partial charge in [-0.3, -0.25) is 9.59 Å². The highest BCUT2D eigenvalue weighted by Crippen LogP contribution is 2.32. The molecule has 1 aliphatic heterocycles. The van der Waals surface area contributed by atoms with E-state index in [2.05, 4.69) is 21.8 Å². The van der Waals surface area contributed by atoms with Gasteiger partial charge in [-0.1, -0.05) is 19.1 Å². The largest absolute Gasteiger partial charge is 0.496 e. The number of rotatable bonds is 9. The molecule has 0 N–H and O–H groups in total. The Morgan fingerprint density at radius 3 is 2.56 bits per heavy atom. The molecule has 0 atom stereocenters. The average molecular weight is 509 g/mol. The fourth-order valence-electron chi connectivity index (χ4n) is 4.37. The maximum absolute atomic E-state index is 13.0. The number of aryl methyl sites for hydroxylation is 2. The van der Waals surface area contributed by atoms with Crippen molar-refractivity contribution < 1.29 is 19.1 Å². The summed E-state index contributed by atoms with van der Waals surface area (Å²) in [5.74, 6) is 1.24. The molecule has 0 bridgehead atoms. The number of Topliss-reactive ketones (excluding diaryl/α,β-unsaturated/α-hetero) is 1. The van der Waals surface area contributed by atoms with E-state index in [9.17, 15) is 9.59 Å². The number of hydrogen-bond donors (Lipinski definition) is 0. The Kier molecular flexibility index (Phi) is 8.30. The molecule has 2 aromatic heterocycles. The van der Waals surface area contributed by atoms with E-state index < -0.39 is 0 Å². The number of piperidine rings is 1. The molecule has 3 heterocycles. The van der Waals surface area contributed by atoms with Crippen LogP contribution in [0.5, 0.6) is 5.75 Å². The Hall–Kier alpha value is -3.33. The maximum atomic E-state index is 13.0. The summed E-state index contributed by atoms with van der Waals surface area (Å²) < 4.78 is 10.6. The van der Waals surface area contributed by atoms with Gasteiger partial charge in [0, 0.05) is 23.5 Å². The summed E-state index contributed by atoms with van der Waals surface area (Å²) in [4.78, 5) is 41.8. The van der Waals surface area contributed by atoms with E-state index in [1.54, 1.807) is 24.6 Å². The lowest BCUT2D eigenvalue weighted by Gasteiger charge is -2.31. The van der Waals surface area contributed by atoms with Crippen LogP contribution < -0.4 is 9.64 Å². The quantitative estimate of drug-likeness (QED) is 0.304. The van der Waals surface area contributed by atoms with Crippen LogP contribution in [0.25, 0.3) is 11.3 Å². The molecule has 4 rings (SSSR count). The summed E-state index contributed by atoms with van der Waals surface area (Å²) in [6, 6.07) is 6.06. The van der Waals surface area contributed by atoms with Gasteiger partial charge in [-0.05, 0) is 44.7 Å². The zero-order valence-corrected chi connectivity index (χ0v) is 22.1. The number of aromatic nitrogens is 3. The van der Waals surface area contributed by atoms with Crippen molar-refractivity contribution in [3.8, 4) is 17.0 Å². The number of nitrogens with zero attached hydrogens (tertiary/aromatic N) is 4. The van der Waals surface area contributed by atoms with Crippen molar-refractivity contribution in [2.24, 2.45) is 5.92 Å². The van der Waals surface area contributed by atoms with Gasteiger partial charge in [0.2, 0.25) is 0 Å². The molecule has 0 spiro atoms. The van der Waals surface area contributed by atoms with Crippen molar-refractivity contribution in [1.29, 1.82) is 0 Å². The Labute approximate surface area is 215 Å². The molecule has 8 nitrogen and oxygen atoms in total. The third-order valence-electron chi connectivity index (χ3n) is 6.42. The first-order valence-electron chi connectivity index (χ1n) is 12.3. The number of methoxy groups -OCH3 is 1. The maximum Gasteiger partial charge on any atom is 0.309 e. The molecule has 190 valence electrons. The van der Waals surface area contributed by atoms with Gasteiger partial charge >= 0.3 is 5.97 Å². The highest BCUT2D eigenvalue weighted by atomic mass is 32.1. The molecule has 1 aromatic carbocycles. The van der Waals surface area contributed by atoms with Crippen LogP contribution >= 0.6 is 11.3 Å². The normalized spacial score (nSPS) is 14.1. The number of carbonyl (C=O) groups excluding carboxylic acids is 2. The van der Waals surface area contributed by atoms with Crippen LogP contribution in [0.15, 0.2) is 30.6 Å². The van der Waals surface area contributed by atoms with Crippen LogP contribution in [-0.4, -0.2) is 53.5 Å². The second-order valence-electron chi connectivity index (χ2n) is 8.79. The molecular formula is C27H32N4O4S. The molecule has 1 aliphatic rings. The fraction of sp³-hybridized carbons (Fsp3) is 0.444. The van der Waals surface area contributed by atoms with Crippen molar-refractivity contribution in [1.82, 2.24) is 15.0 Å². The second-order valence-corrected chi connectivity index (χ2v) is 9.96. The fourth-order valence-corrected chi connectivity index (χ4v) is 5.40. The first-order chi connectivity index (χ1) is 17.4. The molecule has 0 aliphatic carbocycles. The molecule has 0 radical (unpaired) electrons. The lowest BCUT2D eigenvalue weighted by molar-refractivity contribution is -0.148. The van der Waals surface area contributed by atoms with Crippen molar-refractivity contribution in [3.63, 3.8) is 0 Å². The summed E-state index contributed by atoms with van der Waals surface area (Å²) in [6.07, 6.45) is 5.63. The molecule has 0 unspecified atom stereocenters. The molecule has 0 amide bonds. The number of ketones is 1. The lowest BCUT2D eigenvalue weighted by atomic mass is 9.97. The first-order valence-corrected chi connectivity index (χ1v) is 13.2. The molecule has 36 heavy (non-hydrogen) atoms. The van der Waals surface area contributed by atoms with E-state index >= 15 is 0 Å². The SMILES string of the molecule is CCOC(=O)C1CCN(c2cnc(C(=O)Cc3nc(-c4ccc(C)c(OC)c4)c(CC)s3)cn2)CC1. The van der Waals surface area contributed by atoms with Crippen molar-refractivity contribution in [2.45, 2.75) is 46.5 Å². The minimum Gasteiger partial charge on any atom is -0.496 e. The Morgan fingerprint density at radius 2 is 1.92 bits per heavy atom. The monoisotopic (exact) mass is 508 g/mol. The van der Waals surface area contributed by atoms with E-state index in [4.69, 9.17) is 14.5 Å². The number of thiazole rings is 1. The number of esters is 1. The van der Waals surface area contributed by atoms with Gasteiger partial charge < -0.3 is 14.4 Å². The van der Waals surface area contributed by atoms with Crippen LogP contribution in [0.3, 0.4) is 0 Å². The van der Waals surface area contributed by atoms with E-state index in [0.29, 0.717) is 31.2 Å². The van der Waals surface area contributed by atoms with Gasteiger partial charge in [-0.25, -0.2) is 15.0 Å². The van der Waals surface area contributed by atoms with Gasteiger partial charge in [0.15, 0.2) is 5.78 Å². The molecule has 3 aromatic rings. The summed E-state index contributed by atoms with van der Waals surface area (Å²) >= 11 is 1.56. The third kappa shape index (κ3) is 5.73. The highest BCUT2D eigenvalue weighted by molar-refractivity contribution is 7.12. The van der Waals surface area contributed by atoms with Crippen LogP contribution in [-0.2, 0) is 22.4 Å². The molecular weight excluding hydrogens is 476 g/mol. The van der Waals surface area contributed by atoms with Crippen LogP contribution in [0.4, 0.5) is 5.82 Å². The van der Waals surface area contributed by atoms with Crippen LogP contribution in [0.1, 0.15) is 52.6 Å². The summed E-state index contributed by atoms with van der Waals surface area (Å²) in [7, 11) is 1.66. The number of ether oxygens (including phenoxy) is 2. The van der Waals surface area contributed by atoms with E-state index in [-0.39, 0.29) is 24.1 Å². The second kappa shape index (κ2) is 11.6. The predicted molar refractivity (Wildman–Crippen MR) is 140 cm³/mol. The number of benzene rings is 1. The smallest absolute Gasteiger partial charge is 0.309 e. The van der Waals surface area contributed by atoms with Crippen molar-refractivity contribution in [2.75, 3.05) is 31.7 Å². The molecule has 9 heteroatoms. The molecule has 1 saturated heterocycles. The summed E-state index contributed by atoms with van der Waals surface area (Å²) in [6.45, 7) is 7.74. The van der Waals surface area contributed by atoms with Crippen molar-refractivity contribution >= 4 is 28.9 Å².